The van der Waals surface area contributed by atoms with E-state index in [-0.39, 0.29) is 6.42 Å². The van der Waals surface area contributed by atoms with E-state index in [0.717, 1.165) is 0 Å². The minimum Gasteiger partial charge on any atom is -0.481 e. The maximum Gasteiger partial charge on any atom is 0.303 e. The van der Waals surface area contributed by atoms with Gasteiger partial charge in [-0.25, -0.2) is 0 Å². The van der Waals surface area contributed by atoms with Crippen molar-refractivity contribution in [1.82, 2.24) is 15.4 Å². The Balaban J connectivity index is 2.07. The van der Waals surface area contributed by atoms with Crippen molar-refractivity contribution in [2.75, 3.05) is 6.61 Å². The third-order valence-electron chi connectivity index (χ3n) is 1.18. The number of rotatable bonds is 5. The monoisotopic (exact) mass is 171 g/mol. The molecular formula is C6H9N3O3. The Morgan fingerprint density at radius 3 is 3.17 bits per heavy atom. The van der Waals surface area contributed by atoms with Crippen molar-refractivity contribution in [3.63, 3.8) is 0 Å². The molecule has 0 aliphatic rings. The van der Waals surface area contributed by atoms with Gasteiger partial charge in [0, 0.05) is 6.42 Å². The first kappa shape index (κ1) is 8.51. The van der Waals surface area contributed by atoms with Crippen LogP contribution in [0.1, 0.15) is 12.8 Å². The quantitative estimate of drug-likeness (QED) is 0.611. The lowest BCUT2D eigenvalue weighted by atomic mass is 10.3. The normalized spacial score (nSPS) is 9.67. The lowest BCUT2D eigenvalue weighted by molar-refractivity contribution is -0.137. The van der Waals surface area contributed by atoms with E-state index in [4.69, 9.17) is 9.84 Å². The van der Waals surface area contributed by atoms with Crippen molar-refractivity contribution in [1.29, 1.82) is 0 Å². The first-order valence-corrected chi connectivity index (χ1v) is 3.49. The number of aliphatic carboxylic acids is 1. The Hall–Kier alpha value is -1.59. The van der Waals surface area contributed by atoms with Crippen LogP contribution in [0.15, 0.2) is 6.20 Å². The summed E-state index contributed by atoms with van der Waals surface area (Å²) in [6, 6.07) is 0. The van der Waals surface area contributed by atoms with Crippen LogP contribution in [-0.4, -0.2) is 33.1 Å². The molecule has 1 aromatic rings. The fourth-order valence-corrected chi connectivity index (χ4v) is 0.661. The third-order valence-corrected chi connectivity index (χ3v) is 1.18. The summed E-state index contributed by atoms with van der Waals surface area (Å²) in [5, 5.41) is 17.8. The maximum atomic E-state index is 10.1. The molecule has 0 aliphatic carbocycles. The zero-order valence-corrected chi connectivity index (χ0v) is 6.36. The number of carboxylic acids is 1. The second-order valence-corrected chi connectivity index (χ2v) is 2.15. The van der Waals surface area contributed by atoms with E-state index in [2.05, 4.69) is 15.4 Å². The molecule has 12 heavy (non-hydrogen) atoms. The highest BCUT2D eigenvalue weighted by Gasteiger charge is 1.98. The summed E-state index contributed by atoms with van der Waals surface area (Å²) < 4.78 is 5.03. The van der Waals surface area contributed by atoms with Crippen LogP contribution in [0.4, 0.5) is 0 Å². The Morgan fingerprint density at radius 1 is 1.75 bits per heavy atom. The second kappa shape index (κ2) is 4.32. The molecule has 66 valence electrons. The number of ether oxygens (including phenoxy) is 1. The van der Waals surface area contributed by atoms with Crippen LogP contribution in [0.25, 0.3) is 0 Å². The molecule has 6 nitrogen and oxygen atoms in total. The Morgan fingerprint density at radius 2 is 2.58 bits per heavy atom. The van der Waals surface area contributed by atoms with Gasteiger partial charge in [-0.05, 0) is 6.42 Å². The number of carboxylic acid groups (broad SMARTS) is 1. The van der Waals surface area contributed by atoms with Gasteiger partial charge < -0.3 is 9.84 Å². The summed E-state index contributed by atoms with van der Waals surface area (Å²) in [7, 11) is 0. The molecule has 0 bridgehead atoms. The van der Waals surface area contributed by atoms with Crippen LogP contribution in [0.5, 0.6) is 5.88 Å². The number of hydrogen-bond donors (Lipinski definition) is 2. The largest absolute Gasteiger partial charge is 0.481 e. The van der Waals surface area contributed by atoms with Crippen LogP contribution in [0, 0.1) is 0 Å². The molecule has 0 aromatic carbocycles. The minimum atomic E-state index is -0.821. The van der Waals surface area contributed by atoms with E-state index in [0.29, 0.717) is 18.9 Å². The summed E-state index contributed by atoms with van der Waals surface area (Å²) >= 11 is 0. The molecule has 2 N–H and O–H groups in total. The van der Waals surface area contributed by atoms with Crippen molar-refractivity contribution < 1.29 is 14.6 Å². The SMILES string of the molecule is O=C(O)CCCOc1cn[nH]n1. The molecule has 0 amide bonds. The molecule has 0 spiro atoms. The van der Waals surface area contributed by atoms with Gasteiger partial charge in [-0.15, -0.1) is 5.10 Å². The van der Waals surface area contributed by atoms with Crippen LogP contribution in [-0.2, 0) is 4.79 Å². The fourth-order valence-electron chi connectivity index (χ4n) is 0.661. The Kier molecular flexibility index (Phi) is 3.06. The van der Waals surface area contributed by atoms with E-state index in [1.165, 1.54) is 6.20 Å². The minimum absolute atomic E-state index is 0.109. The van der Waals surface area contributed by atoms with Crippen LogP contribution in [0.3, 0.4) is 0 Å². The van der Waals surface area contributed by atoms with Gasteiger partial charge in [0.25, 0.3) is 5.88 Å². The number of hydrogen-bond acceptors (Lipinski definition) is 4. The molecule has 0 unspecified atom stereocenters. The molecule has 0 fully saturated rings. The topological polar surface area (TPSA) is 88.1 Å². The van der Waals surface area contributed by atoms with Crippen LogP contribution in [0.2, 0.25) is 0 Å². The number of nitrogens with one attached hydrogen (secondary N) is 1. The van der Waals surface area contributed by atoms with E-state index in [9.17, 15) is 4.79 Å². The molecule has 6 heteroatoms. The van der Waals surface area contributed by atoms with E-state index >= 15 is 0 Å². The average Bonchev–Trinajstić information content (AvgIpc) is 2.49. The standard InChI is InChI=1S/C6H9N3O3/c10-6(11)2-1-3-12-5-4-7-9-8-5/h4H,1-3H2,(H,10,11)(H,7,8,9). The van der Waals surface area contributed by atoms with Crippen LogP contribution >= 0.6 is 0 Å². The van der Waals surface area contributed by atoms with Crippen molar-refractivity contribution in [3.8, 4) is 5.88 Å². The summed E-state index contributed by atoms with van der Waals surface area (Å²) in [4.78, 5) is 10.1. The lowest BCUT2D eigenvalue weighted by Crippen LogP contribution is -2.02. The van der Waals surface area contributed by atoms with Gasteiger partial charge in [0.05, 0.1) is 6.61 Å². The zero-order chi connectivity index (χ0) is 8.81. The first-order chi connectivity index (χ1) is 5.79. The third kappa shape index (κ3) is 3.00. The molecule has 0 aliphatic heterocycles. The summed E-state index contributed by atoms with van der Waals surface area (Å²) in [6.07, 6.45) is 2.01. The van der Waals surface area contributed by atoms with Gasteiger partial charge in [-0.3, -0.25) is 4.79 Å². The van der Waals surface area contributed by atoms with E-state index in [1.807, 2.05) is 0 Å². The van der Waals surface area contributed by atoms with Gasteiger partial charge in [0.15, 0.2) is 0 Å². The zero-order valence-electron chi connectivity index (χ0n) is 6.36. The number of H-pyrrole nitrogens is 1. The van der Waals surface area contributed by atoms with E-state index in [1.54, 1.807) is 0 Å². The molecule has 1 aromatic heterocycles. The highest BCUT2D eigenvalue weighted by atomic mass is 16.5. The molecule has 0 atom stereocenters. The van der Waals surface area contributed by atoms with Crippen molar-refractivity contribution in [2.45, 2.75) is 12.8 Å². The molecule has 1 heterocycles. The van der Waals surface area contributed by atoms with Crippen molar-refractivity contribution in [2.24, 2.45) is 0 Å². The Labute approximate surface area is 68.5 Å². The Bertz CT molecular complexity index is 234. The second-order valence-electron chi connectivity index (χ2n) is 2.15. The predicted octanol–water partition coefficient (Wildman–Crippen LogP) is 0.0483. The van der Waals surface area contributed by atoms with Gasteiger partial charge in [-0.2, -0.15) is 10.3 Å². The van der Waals surface area contributed by atoms with Gasteiger partial charge in [0.2, 0.25) is 0 Å². The predicted molar refractivity (Wildman–Crippen MR) is 38.7 cm³/mol. The molecule has 1 rings (SSSR count). The summed E-state index contributed by atoms with van der Waals surface area (Å²) in [6.45, 7) is 0.346. The molecule has 0 radical (unpaired) electrons. The summed E-state index contributed by atoms with van der Waals surface area (Å²) in [5.74, 6) is -0.431. The maximum absolute atomic E-state index is 10.1. The van der Waals surface area contributed by atoms with Crippen LogP contribution < -0.4 is 4.74 Å². The lowest BCUT2D eigenvalue weighted by Gasteiger charge is -1.98. The smallest absolute Gasteiger partial charge is 0.303 e. The van der Waals surface area contributed by atoms with Gasteiger partial charge in [0.1, 0.15) is 6.20 Å². The summed E-state index contributed by atoms with van der Waals surface area (Å²) in [5.41, 5.74) is 0. The molecule has 0 saturated heterocycles. The van der Waals surface area contributed by atoms with Crippen molar-refractivity contribution >= 4 is 5.97 Å². The number of aromatic nitrogens is 3. The average molecular weight is 171 g/mol. The highest BCUT2D eigenvalue weighted by Crippen LogP contribution is 2.00. The van der Waals surface area contributed by atoms with Gasteiger partial charge >= 0.3 is 5.97 Å². The van der Waals surface area contributed by atoms with Gasteiger partial charge in [-0.1, -0.05) is 0 Å². The first-order valence-electron chi connectivity index (χ1n) is 3.49. The number of carbonyl (C=O) groups is 1. The fraction of sp³-hybridized carbons (Fsp3) is 0.500. The van der Waals surface area contributed by atoms with E-state index < -0.39 is 5.97 Å². The molecular weight excluding hydrogens is 162 g/mol. The number of nitrogens with zero attached hydrogens (tertiary/aromatic N) is 2. The molecule has 0 saturated carbocycles. The highest BCUT2D eigenvalue weighted by molar-refractivity contribution is 5.66. The number of aromatic amines is 1. The van der Waals surface area contributed by atoms with Crippen molar-refractivity contribution in [3.05, 3.63) is 6.20 Å².